The van der Waals surface area contributed by atoms with E-state index in [9.17, 15) is 0 Å². The molecular formula is C18H28NO+. The smallest absolute Gasteiger partial charge is 0.137 e. The molecular weight excluding hydrogens is 246 g/mol. The van der Waals surface area contributed by atoms with Crippen LogP contribution in [0.3, 0.4) is 0 Å². The summed E-state index contributed by atoms with van der Waals surface area (Å²) in [5.74, 6) is 1.52. The number of rotatable bonds is 9. The standard InChI is InChI=1S/C18H27NO/c1-6-10-19(11-7-2)12-13-20-17-8-9-18(15(3)4)16(5)14-17/h6-9,14-15H,1-2,10-13H2,3-5H3/p+1. The molecule has 0 aliphatic heterocycles. The number of aryl methyl sites for hydroxylation is 1. The van der Waals surface area contributed by atoms with Crippen LogP contribution >= 0.6 is 0 Å². The van der Waals surface area contributed by atoms with E-state index in [0.717, 1.165) is 32.0 Å². The van der Waals surface area contributed by atoms with Gasteiger partial charge in [-0.05, 0) is 48.3 Å². The Bertz CT molecular complexity index is 427. The van der Waals surface area contributed by atoms with Gasteiger partial charge in [-0.1, -0.05) is 33.1 Å². The lowest BCUT2D eigenvalue weighted by Gasteiger charge is -2.17. The average molecular weight is 274 g/mol. The van der Waals surface area contributed by atoms with E-state index in [-0.39, 0.29) is 0 Å². The Balaban J connectivity index is 2.51. The monoisotopic (exact) mass is 274 g/mol. The fourth-order valence-electron chi connectivity index (χ4n) is 2.39. The second kappa shape index (κ2) is 8.60. The lowest BCUT2D eigenvalue weighted by Crippen LogP contribution is -3.12. The summed E-state index contributed by atoms with van der Waals surface area (Å²) >= 11 is 0. The van der Waals surface area contributed by atoms with E-state index >= 15 is 0 Å². The van der Waals surface area contributed by atoms with Crippen molar-refractivity contribution in [3.63, 3.8) is 0 Å². The van der Waals surface area contributed by atoms with Crippen molar-refractivity contribution >= 4 is 0 Å². The van der Waals surface area contributed by atoms with Crippen LogP contribution in [-0.4, -0.2) is 26.2 Å². The van der Waals surface area contributed by atoms with Crippen molar-refractivity contribution in [3.8, 4) is 5.75 Å². The zero-order valence-electron chi connectivity index (χ0n) is 13.1. The lowest BCUT2D eigenvalue weighted by atomic mass is 9.98. The lowest BCUT2D eigenvalue weighted by molar-refractivity contribution is -0.888. The zero-order chi connectivity index (χ0) is 15.0. The van der Waals surface area contributed by atoms with Gasteiger partial charge in [0.1, 0.15) is 18.9 Å². The van der Waals surface area contributed by atoms with E-state index in [1.807, 2.05) is 12.2 Å². The number of nitrogens with one attached hydrogen (secondary N) is 1. The Hall–Kier alpha value is -1.54. The van der Waals surface area contributed by atoms with Crippen LogP contribution in [0.1, 0.15) is 30.9 Å². The summed E-state index contributed by atoms with van der Waals surface area (Å²) in [5.41, 5.74) is 2.70. The maximum absolute atomic E-state index is 5.86. The van der Waals surface area contributed by atoms with Gasteiger partial charge in [0.25, 0.3) is 0 Å². The van der Waals surface area contributed by atoms with Gasteiger partial charge in [-0.3, -0.25) is 0 Å². The molecule has 0 spiro atoms. The van der Waals surface area contributed by atoms with Gasteiger partial charge in [0.05, 0.1) is 13.1 Å². The Labute approximate surface area is 123 Å². The molecule has 0 radical (unpaired) electrons. The summed E-state index contributed by atoms with van der Waals surface area (Å²) in [6.07, 6.45) is 3.89. The van der Waals surface area contributed by atoms with Crippen LogP contribution in [0.2, 0.25) is 0 Å². The topological polar surface area (TPSA) is 13.7 Å². The van der Waals surface area contributed by atoms with Crippen molar-refractivity contribution in [3.05, 3.63) is 54.6 Å². The summed E-state index contributed by atoms with van der Waals surface area (Å²) < 4.78 is 5.86. The quantitative estimate of drug-likeness (QED) is 0.684. The molecule has 0 atom stereocenters. The van der Waals surface area contributed by atoms with Gasteiger partial charge in [0.15, 0.2) is 0 Å². The molecule has 0 saturated heterocycles. The number of ether oxygens (including phenoxy) is 1. The molecule has 0 aliphatic carbocycles. The first kappa shape index (κ1) is 16.5. The molecule has 0 fully saturated rings. The van der Waals surface area contributed by atoms with Crippen LogP contribution in [0.4, 0.5) is 0 Å². The summed E-state index contributed by atoms with van der Waals surface area (Å²) in [4.78, 5) is 1.42. The van der Waals surface area contributed by atoms with E-state index < -0.39 is 0 Å². The van der Waals surface area contributed by atoms with E-state index in [2.05, 4.69) is 52.1 Å². The predicted molar refractivity (Wildman–Crippen MR) is 86.7 cm³/mol. The molecule has 0 aliphatic rings. The van der Waals surface area contributed by atoms with Crippen LogP contribution in [0.25, 0.3) is 0 Å². The number of benzene rings is 1. The molecule has 110 valence electrons. The summed E-state index contributed by atoms with van der Waals surface area (Å²) in [6.45, 7) is 17.7. The molecule has 1 N–H and O–H groups in total. The van der Waals surface area contributed by atoms with Crippen molar-refractivity contribution in [1.29, 1.82) is 0 Å². The molecule has 0 bridgehead atoms. The Morgan fingerprint density at radius 1 is 1.20 bits per heavy atom. The third kappa shape index (κ3) is 5.22. The van der Waals surface area contributed by atoms with Gasteiger partial charge in [-0.2, -0.15) is 0 Å². The minimum atomic E-state index is 0.559. The largest absolute Gasteiger partial charge is 0.488 e. The van der Waals surface area contributed by atoms with Crippen LogP contribution in [0.15, 0.2) is 43.5 Å². The molecule has 0 amide bonds. The van der Waals surface area contributed by atoms with Gasteiger partial charge in [-0.15, -0.1) is 0 Å². The first-order valence-electron chi connectivity index (χ1n) is 7.37. The van der Waals surface area contributed by atoms with E-state index in [0.29, 0.717) is 5.92 Å². The van der Waals surface area contributed by atoms with Crippen molar-refractivity contribution in [2.45, 2.75) is 26.7 Å². The third-order valence-electron chi connectivity index (χ3n) is 3.45. The van der Waals surface area contributed by atoms with Crippen molar-refractivity contribution < 1.29 is 9.64 Å². The minimum absolute atomic E-state index is 0.559. The van der Waals surface area contributed by atoms with Crippen LogP contribution < -0.4 is 9.64 Å². The van der Waals surface area contributed by atoms with E-state index in [4.69, 9.17) is 4.74 Å². The Morgan fingerprint density at radius 3 is 2.35 bits per heavy atom. The minimum Gasteiger partial charge on any atom is -0.488 e. The average Bonchev–Trinajstić information content (AvgIpc) is 2.39. The first-order chi connectivity index (χ1) is 9.58. The van der Waals surface area contributed by atoms with Crippen LogP contribution in [0.5, 0.6) is 5.75 Å². The summed E-state index contributed by atoms with van der Waals surface area (Å²) in [7, 11) is 0. The highest BCUT2D eigenvalue weighted by atomic mass is 16.5. The van der Waals surface area contributed by atoms with E-state index in [1.165, 1.54) is 16.0 Å². The molecule has 0 unspecified atom stereocenters. The van der Waals surface area contributed by atoms with Crippen LogP contribution in [-0.2, 0) is 0 Å². The van der Waals surface area contributed by atoms with Crippen molar-refractivity contribution in [2.24, 2.45) is 0 Å². The third-order valence-corrected chi connectivity index (χ3v) is 3.45. The molecule has 1 aromatic rings. The number of hydrogen-bond donors (Lipinski definition) is 1. The van der Waals surface area contributed by atoms with Gasteiger partial charge in [-0.25, -0.2) is 0 Å². The maximum atomic E-state index is 5.86. The van der Waals surface area contributed by atoms with Gasteiger partial charge in [0.2, 0.25) is 0 Å². The molecule has 20 heavy (non-hydrogen) atoms. The molecule has 1 rings (SSSR count). The highest BCUT2D eigenvalue weighted by Crippen LogP contribution is 2.23. The van der Waals surface area contributed by atoms with Crippen LogP contribution in [0, 0.1) is 6.92 Å². The first-order valence-corrected chi connectivity index (χ1v) is 7.37. The van der Waals surface area contributed by atoms with Gasteiger partial charge >= 0.3 is 0 Å². The normalized spacial score (nSPS) is 10.8. The Kier molecular flexibility index (Phi) is 7.10. The molecule has 0 heterocycles. The van der Waals surface area contributed by atoms with Crippen molar-refractivity contribution in [2.75, 3.05) is 26.2 Å². The number of quaternary nitrogens is 1. The Morgan fingerprint density at radius 2 is 1.85 bits per heavy atom. The molecule has 2 nitrogen and oxygen atoms in total. The molecule has 2 heteroatoms. The fraction of sp³-hybridized carbons (Fsp3) is 0.444. The summed E-state index contributed by atoms with van der Waals surface area (Å²) in [5, 5.41) is 0. The maximum Gasteiger partial charge on any atom is 0.137 e. The zero-order valence-corrected chi connectivity index (χ0v) is 13.1. The highest BCUT2D eigenvalue weighted by molar-refractivity contribution is 5.36. The fourth-order valence-corrected chi connectivity index (χ4v) is 2.39. The predicted octanol–water partition coefficient (Wildman–Crippen LogP) is 2.75. The van der Waals surface area contributed by atoms with E-state index in [1.54, 1.807) is 0 Å². The second-order valence-electron chi connectivity index (χ2n) is 5.51. The van der Waals surface area contributed by atoms with Crippen molar-refractivity contribution in [1.82, 2.24) is 0 Å². The van der Waals surface area contributed by atoms with Gasteiger partial charge in [0, 0.05) is 0 Å². The molecule has 0 aromatic heterocycles. The number of hydrogen-bond acceptors (Lipinski definition) is 1. The SMILES string of the molecule is C=CC[NH+](CC=C)CCOc1ccc(C(C)C)c(C)c1. The molecule has 1 aromatic carbocycles. The molecule has 0 saturated carbocycles. The highest BCUT2D eigenvalue weighted by Gasteiger charge is 2.07. The second-order valence-corrected chi connectivity index (χ2v) is 5.51. The summed E-state index contributed by atoms with van der Waals surface area (Å²) in [6, 6.07) is 6.38. The van der Waals surface area contributed by atoms with Gasteiger partial charge < -0.3 is 9.64 Å².